The fourth-order valence-electron chi connectivity index (χ4n) is 1.66. The Labute approximate surface area is 123 Å². The molecule has 0 atom stereocenters. The maximum absolute atomic E-state index is 12.2. The lowest BCUT2D eigenvalue weighted by Gasteiger charge is -2.20. The Hall–Kier alpha value is -1.11. The fraction of sp³-hybridized carbons (Fsp3) is 0.462. The van der Waals surface area contributed by atoms with Crippen LogP contribution in [0.1, 0.15) is 24.2 Å². The van der Waals surface area contributed by atoms with Crippen LogP contribution in [0.25, 0.3) is 0 Å². The van der Waals surface area contributed by atoms with E-state index >= 15 is 0 Å². The molecule has 0 N–H and O–H groups in total. The van der Waals surface area contributed by atoms with Gasteiger partial charge in [0.05, 0.1) is 11.5 Å². The Kier molecular flexibility index (Phi) is 6.45. The number of hydrogen-bond acceptors (Lipinski definition) is 4. The van der Waals surface area contributed by atoms with Crippen LogP contribution in [0.5, 0.6) is 0 Å². The molecule has 0 aliphatic rings. The second kappa shape index (κ2) is 7.61. The standard InChI is InChI=1S/C13H18ClNO4S/c1-3-15(9-10-19-4-2)13(16)11-5-7-12(8-6-11)20(14,17)18/h5-8H,3-4,9-10H2,1-2H3. The van der Waals surface area contributed by atoms with E-state index in [1.165, 1.54) is 24.3 Å². The van der Waals surface area contributed by atoms with Crippen molar-refractivity contribution in [1.82, 2.24) is 4.90 Å². The van der Waals surface area contributed by atoms with Gasteiger partial charge in [0.1, 0.15) is 0 Å². The van der Waals surface area contributed by atoms with Gasteiger partial charge in [0.25, 0.3) is 15.0 Å². The average Bonchev–Trinajstić information content (AvgIpc) is 2.42. The van der Waals surface area contributed by atoms with Crippen molar-refractivity contribution in [2.24, 2.45) is 0 Å². The van der Waals surface area contributed by atoms with E-state index in [-0.39, 0.29) is 10.8 Å². The summed E-state index contributed by atoms with van der Waals surface area (Å²) in [5.74, 6) is -0.161. The molecule has 20 heavy (non-hydrogen) atoms. The van der Waals surface area contributed by atoms with Gasteiger partial charge in [-0.15, -0.1) is 0 Å². The molecule has 0 heterocycles. The van der Waals surface area contributed by atoms with Crippen LogP contribution in [-0.4, -0.2) is 45.5 Å². The molecule has 0 saturated heterocycles. The second-order valence-corrected chi connectivity index (χ2v) is 6.61. The van der Waals surface area contributed by atoms with E-state index in [1.54, 1.807) is 4.90 Å². The molecule has 1 aromatic carbocycles. The highest BCUT2D eigenvalue weighted by atomic mass is 35.7. The summed E-state index contributed by atoms with van der Waals surface area (Å²) in [5, 5.41) is 0. The first-order valence-corrected chi connectivity index (χ1v) is 8.62. The summed E-state index contributed by atoms with van der Waals surface area (Å²) >= 11 is 0. The molecule has 112 valence electrons. The number of nitrogens with zero attached hydrogens (tertiary/aromatic N) is 1. The van der Waals surface area contributed by atoms with E-state index in [4.69, 9.17) is 15.4 Å². The summed E-state index contributed by atoms with van der Waals surface area (Å²) in [6.07, 6.45) is 0. The van der Waals surface area contributed by atoms with Gasteiger partial charge in [0.2, 0.25) is 0 Å². The molecule has 0 fully saturated rings. The van der Waals surface area contributed by atoms with Crippen LogP contribution in [0.15, 0.2) is 29.2 Å². The van der Waals surface area contributed by atoms with Crippen molar-refractivity contribution in [3.05, 3.63) is 29.8 Å². The van der Waals surface area contributed by atoms with Gasteiger partial charge >= 0.3 is 0 Å². The highest BCUT2D eigenvalue weighted by molar-refractivity contribution is 8.13. The third-order valence-electron chi connectivity index (χ3n) is 2.76. The Morgan fingerprint density at radius 1 is 1.25 bits per heavy atom. The van der Waals surface area contributed by atoms with Gasteiger partial charge in [0.15, 0.2) is 0 Å². The number of amides is 1. The predicted molar refractivity (Wildman–Crippen MR) is 77.6 cm³/mol. The topological polar surface area (TPSA) is 63.7 Å². The van der Waals surface area contributed by atoms with Crippen molar-refractivity contribution >= 4 is 25.6 Å². The van der Waals surface area contributed by atoms with Gasteiger partial charge in [0, 0.05) is 35.9 Å². The SMILES string of the molecule is CCOCCN(CC)C(=O)c1ccc(S(=O)(=O)Cl)cc1. The van der Waals surface area contributed by atoms with Crippen molar-refractivity contribution in [2.75, 3.05) is 26.3 Å². The first-order chi connectivity index (χ1) is 9.40. The van der Waals surface area contributed by atoms with Crippen LogP contribution in [-0.2, 0) is 13.8 Å². The van der Waals surface area contributed by atoms with E-state index in [9.17, 15) is 13.2 Å². The Morgan fingerprint density at radius 3 is 2.30 bits per heavy atom. The van der Waals surface area contributed by atoms with E-state index in [2.05, 4.69) is 0 Å². The summed E-state index contributed by atoms with van der Waals surface area (Å²) in [5.41, 5.74) is 0.424. The van der Waals surface area contributed by atoms with Gasteiger partial charge < -0.3 is 9.64 Å². The average molecular weight is 320 g/mol. The Balaban J connectivity index is 2.80. The van der Waals surface area contributed by atoms with Crippen LogP contribution in [0, 0.1) is 0 Å². The molecule has 0 saturated carbocycles. The number of likely N-dealkylation sites (N-methyl/N-ethyl adjacent to an activating group) is 1. The van der Waals surface area contributed by atoms with Crippen molar-refractivity contribution < 1.29 is 17.9 Å². The number of hydrogen-bond donors (Lipinski definition) is 0. The number of rotatable bonds is 7. The minimum atomic E-state index is -3.76. The Bertz CT molecular complexity index is 542. The van der Waals surface area contributed by atoms with E-state index < -0.39 is 9.05 Å². The van der Waals surface area contributed by atoms with Crippen LogP contribution < -0.4 is 0 Å². The molecule has 0 aliphatic carbocycles. The van der Waals surface area contributed by atoms with Crippen molar-refractivity contribution in [3.63, 3.8) is 0 Å². The summed E-state index contributed by atoms with van der Waals surface area (Å²) in [4.78, 5) is 13.8. The number of carbonyl (C=O) groups is 1. The van der Waals surface area contributed by atoms with Crippen molar-refractivity contribution in [2.45, 2.75) is 18.7 Å². The fourth-order valence-corrected chi connectivity index (χ4v) is 2.43. The number of carbonyl (C=O) groups excluding carboxylic acids is 1. The highest BCUT2D eigenvalue weighted by Crippen LogP contribution is 2.16. The lowest BCUT2D eigenvalue weighted by atomic mass is 10.2. The minimum Gasteiger partial charge on any atom is -0.380 e. The summed E-state index contributed by atoms with van der Waals surface area (Å²) in [7, 11) is 1.46. The molecule has 0 unspecified atom stereocenters. The molecule has 0 aromatic heterocycles. The van der Waals surface area contributed by atoms with Crippen molar-refractivity contribution in [3.8, 4) is 0 Å². The minimum absolute atomic E-state index is 0.0203. The van der Waals surface area contributed by atoms with Crippen LogP contribution >= 0.6 is 10.7 Å². The third-order valence-corrected chi connectivity index (χ3v) is 4.13. The summed E-state index contributed by atoms with van der Waals surface area (Å²) < 4.78 is 27.5. The quantitative estimate of drug-likeness (QED) is 0.570. The zero-order valence-corrected chi connectivity index (χ0v) is 13.1. The molecular formula is C13H18ClNO4S. The van der Waals surface area contributed by atoms with Crippen molar-refractivity contribution in [1.29, 1.82) is 0 Å². The lowest BCUT2D eigenvalue weighted by molar-refractivity contribution is 0.0669. The third kappa shape index (κ3) is 4.77. The van der Waals surface area contributed by atoms with E-state index in [1.807, 2.05) is 13.8 Å². The maximum Gasteiger partial charge on any atom is 0.261 e. The molecule has 7 heteroatoms. The van der Waals surface area contributed by atoms with Crippen LogP contribution in [0.2, 0.25) is 0 Å². The van der Waals surface area contributed by atoms with Crippen LogP contribution in [0.3, 0.4) is 0 Å². The van der Waals surface area contributed by atoms with Gasteiger partial charge in [-0.3, -0.25) is 4.79 Å². The first-order valence-electron chi connectivity index (χ1n) is 6.31. The molecule has 0 spiro atoms. The van der Waals surface area contributed by atoms with Gasteiger partial charge in [-0.2, -0.15) is 0 Å². The molecule has 0 bridgehead atoms. The summed E-state index contributed by atoms with van der Waals surface area (Å²) in [6, 6.07) is 5.57. The lowest BCUT2D eigenvalue weighted by Crippen LogP contribution is -2.33. The molecule has 0 aliphatic heterocycles. The smallest absolute Gasteiger partial charge is 0.261 e. The first kappa shape index (κ1) is 16.9. The second-order valence-electron chi connectivity index (χ2n) is 4.04. The summed E-state index contributed by atoms with van der Waals surface area (Å²) in [6.45, 7) is 5.91. The molecule has 1 aromatic rings. The van der Waals surface area contributed by atoms with Gasteiger partial charge in [-0.25, -0.2) is 8.42 Å². The molecule has 5 nitrogen and oxygen atoms in total. The normalized spacial score (nSPS) is 11.3. The number of ether oxygens (including phenoxy) is 1. The number of benzene rings is 1. The van der Waals surface area contributed by atoms with E-state index in [0.717, 1.165) is 0 Å². The zero-order valence-electron chi connectivity index (χ0n) is 11.5. The molecule has 1 rings (SSSR count). The molecule has 1 amide bonds. The van der Waals surface area contributed by atoms with Gasteiger partial charge in [-0.1, -0.05) is 0 Å². The van der Waals surface area contributed by atoms with Crippen LogP contribution in [0.4, 0.5) is 0 Å². The largest absolute Gasteiger partial charge is 0.380 e. The maximum atomic E-state index is 12.2. The predicted octanol–water partition coefficient (Wildman–Crippen LogP) is 2.11. The molecular weight excluding hydrogens is 302 g/mol. The van der Waals surface area contributed by atoms with E-state index in [0.29, 0.717) is 31.9 Å². The molecule has 0 radical (unpaired) electrons. The zero-order chi connectivity index (χ0) is 15.2. The highest BCUT2D eigenvalue weighted by Gasteiger charge is 2.15. The number of halogens is 1. The monoisotopic (exact) mass is 319 g/mol. The van der Waals surface area contributed by atoms with Gasteiger partial charge in [-0.05, 0) is 38.1 Å². The Morgan fingerprint density at radius 2 is 1.85 bits per heavy atom.